The van der Waals surface area contributed by atoms with E-state index in [1.54, 1.807) is 36.1 Å². The molecule has 10 nitrogen and oxygen atoms in total. The van der Waals surface area contributed by atoms with Crippen molar-refractivity contribution in [2.75, 3.05) is 41.7 Å². The van der Waals surface area contributed by atoms with Crippen LogP contribution in [0.25, 0.3) is 0 Å². The number of carbonyl (C=O) groups is 2. The molecule has 0 saturated carbocycles. The molecule has 3 heterocycles. The zero-order chi connectivity index (χ0) is 21.8. The second-order valence-electron chi connectivity index (χ2n) is 6.87. The Hall–Kier alpha value is -4.02. The highest BCUT2D eigenvalue weighted by Gasteiger charge is 2.20. The minimum atomic E-state index is -0.612. The summed E-state index contributed by atoms with van der Waals surface area (Å²) in [5.41, 5.74) is 0.611. The van der Waals surface area contributed by atoms with Crippen molar-refractivity contribution in [3.63, 3.8) is 0 Å². The van der Waals surface area contributed by atoms with Crippen LogP contribution in [0.15, 0.2) is 47.0 Å². The van der Waals surface area contributed by atoms with E-state index in [-0.39, 0.29) is 23.5 Å². The van der Waals surface area contributed by atoms with Gasteiger partial charge in [-0.05, 0) is 24.3 Å². The minimum Gasteiger partial charge on any atom is -0.399 e. The van der Waals surface area contributed by atoms with Crippen molar-refractivity contribution in [1.82, 2.24) is 20.1 Å². The molecule has 0 radical (unpaired) electrons. The van der Waals surface area contributed by atoms with Crippen molar-refractivity contribution >= 4 is 35.0 Å². The first kappa shape index (κ1) is 20.3. The summed E-state index contributed by atoms with van der Waals surface area (Å²) in [4.78, 5) is 32.0. The van der Waals surface area contributed by atoms with Crippen LogP contribution in [-0.4, -0.2) is 58.1 Å². The fourth-order valence-corrected chi connectivity index (χ4v) is 3.13. The maximum Gasteiger partial charge on any atom is 0.320 e. The van der Waals surface area contributed by atoms with E-state index in [1.165, 1.54) is 18.3 Å². The lowest BCUT2D eigenvalue weighted by atomic mass is 10.3. The molecule has 1 aliphatic rings. The number of carbonyl (C=O) groups excluding carboxylic acids is 2. The van der Waals surface area contributed by atoms with Gasteiger partial charge in [-0.25, -0.2) is 9.37 Å². The quantitative estimate of drug-likeness (QED) is 0.640. The van der Waals surface area contributed by atoms with E-state index in [4.69, 9.17) is 4.42 Å². The van der Waals surface area contributed by atoms with Gasteiger partial charge in [0.05, 0.1) is 17.6 Å². The summed E-state index contributed by atoms with van der Waals surface area (Å²) in [6, 6.07) is 9.39. The molecule has 1 aliphatic heterocycles. The molecule has 2 amide bonds. The van der Waals surface area contributed by atoms with Crippen molar-refractivity contribution in [2.45, 2.75) is 6.92 Å². The molecule has 0 aliphatic carbocycles. The monoisotopic (exact) mass is 425 g/mol. The lowest BCUT2D eigenvalue weighted by Gasteiger charge is -2.34. The summed E-state index contributed by atoms with van der Waals surface area (Å²) in [5.74, 6) is -0.545. The number of halogens is 1. The van der Waals surface area contributed by atoms with Crippen molar-refractivity contribution in [3.05, 3.63) is 54.3 Å². The number of hydrogen-bond donors (Lipinski definition) is 2. The number of nitrogens with zero attached hydrogens (tertiary/aromatic N) is 5. The number of rotatable bonds is 5. The van der Waals surface area contributed by atoms with E-state index in [2.05, 4.69) is 30.7 Å². The molecule has 2 aromatic heterocycles. The average molecular weight is 425 g/mol. The SMILES string of the molecule is CC(=O)N1CCN(c2ccc(NC(=O)c3nnc(Nc4ccccc4F)o3)cn2)CC1. The summed E-state index contributed by atoms with van der Waals surface area (Å²) in [6.45, 7) is 4.25. The highest BCUT2D eigenvalue weighted by atomic mass is 19.1. The van der Waals surface area contributed by atoms with Crippen LogP contribution in [-0.2, 0) is 4.79 Å². The highest BCUT2D eigenvalue weighted by molar-refractivity contribution is 6.00. The molecule has 2 N–H and O–H groups in total. The zero-order valence-corrected chi connectivity index (χ0v) is 16.7. The van der Waals surface area contributed by atoms with E-state index in [0.717, 1.165) is 5.82 Å². The number of nitrogens with one attached hydrogen (secondary N) is 2. The third-order valence-electron chi connectivity index (χ3n) is 4.79. The Labute approximate surface area is 177 Å². The lowest BCUT2D eigenvalue weighted by molar-refractivity contribution is -0.129. The van der Waals surface area contributed by atoms with Crippen molar-refractivity contribution in [1.29, 1.82) is 0 Å². The molecule has 3 aromatic rings. The van der Waals surface area contributed by atoms with Crippen LogP contribution >= 0.6 is 0 Å². The van der Waals surface area contributed by atoms with E-state index in [0.29, 0.717) is 31.9 Å². The largest absolute Gasteiger partial charge is 0.399 e. The van der Waals surface area contributed by atoms with Crippen molar-refractivity contribution in [3.8, 4) is 0 Å². The molecule has 1 fully saturated rings. The summed E-state index contributed by atoms with van der Waals surface area (Å²) < 4.78 is 18.9. The fourth-order valence-electron chi connectivity index (χ4n) is 3.13. The normalized spacial score (nSPS) is 13.7. The summed E-state index contributed by atoms with van der Waals surface area (Å²) >= 11 is 0. The third-order valence-corrected chi connectivity index (χ3v) is 4.79. The first-order valence-corrected chi connectivity index (χ1v) is 9.62. The number of hydrogen-bond acceptors (Lipinski definition) is 8. The van der Waals surface area contributed by atoms with Gasteiger partial charge in [0.1, 0.15) is 11.6 Å². The molecule has 160 valence electrons. The van der Waals surface area contributed by atoms with Crippen LogP contribution in [0.2, 0.25) is 0 Å². The number of para-hydroxylation sites is 1. The van der Waals surface area contributed by atoms with Crippen LogP contribution in [0.5, 0.6) is 0 Å². The second-order valence-corrected chi connectivity index (χ2v) is 6.87. The second kappa shape index (κ2) is 8.78. The van der Waals surface area contributed by atoms with E-state index < -0.39 is 11.7 Å². The van der Waals surface area contributed by atoms with Gasteiger partial charge >= 0.3 is 17.8 Å². The molecule has 1 saturated heterocycles. The lowest BCUT2D eigenvalue weighted by Crippen LogP contribution is -2.48. The standard InChI is InChI=1S/C20H20FN7O3/c1-13(29)27-8-10-28(11-9-27)17-7-6-14(12-22-17)23-18(30)19-25-26-20(31-19)24-16-5-3-2-4-15(16)21/h2-7,12H,8-11H2,1H3,(H,23,30)(H,24,26). The Kier molecular flexibility index (Phi) is 5.74. The fraction of sp³-hybridized carbons (Fsp3) is 0.250. The number of benzene rings is 1. The molecule has 0 spiro atoms. The number of anilines is 4. The van der Waals surface area contributed by atoms with Gasteiger partial charge in [0.15, 0.2) is 0 Å². The highest BCUT2D eigenvalue weighted by Crippen LogP contribution is 2.20. The number of amides is 2. The first-order valence-electron chi connectivity index (χ1n) is 9.62. The number of pyridine rings is 1. The molecule has 4 rings (SSSR count). The number of aromatic nitrogens is 3. The molecule has 31 heavy (non-hydrogen) atoms. The maximum absolute atomic E-state index is 13.7. The molecule has 11 heteroatoms. The van der Waals surface area contributed by atoms with Crippen LogP contribution in [0.3, 0.4) is 0 Å². The summed E-state index contributed by atoms with van der Waals surface area (Å²) in [7, 11) is 0. The smallest absolute Gasteiger partial charge is 0.320 e. The Morgan fingerprint density at radius 3 is 2.52 bits per heavy atom. The molecular formula is C20H20FN7O3. The topological polar surface area (TPSA) is 116 Å². The molecular weight excluding hydrogens is 405 g/mol. The van der Waals surface area contributed by atoms with Gasteiger partial charge in [-0.2, -0.15) is 0 Å². The van der Waals surface area contributed by atoms with Gasteiger partial charge in [-0.15, -0.1) is 5.10 Å². The molecule has 0 bridgehead atoms. The van der Waals surface area contributed by atoms with Gasteiger partial charge in [0.25, 0.3) is 0 Å². The van der Waals surface area contributed by atoms with Gasteiger partial charge in [0.2, 0.25) is 5.91 Å². The van der Waals surface area contributed by atoms with Gasteiger partial charge < -0.3 is 24.9 Å². The van der Waals surface area contributed by atoms with Crippen molar-refractivity contribution < 1.29 is 18.4 Å². The Balaban J connectivity index is 1.34. The van der Waals surface area contributed by atoms with Gasteiger partial charge in [0, 0.05) is 33.1 Å². The zero-order valence-electron chi connectivity index (χ0n) is 16.7. The van der Waals surface area contributed by atoms with Crippen LogP contribution in [0.4, 0.5) is 27.6 Å². The van der Waals surface area contributed by atoms with E-state index in [1.807, 2.05) is 0 Å². The van der Waals surface area contributed by atoms with E-state index in [9.17, 15) is 14.0 Å². The van der Waals surface area contributed by atoms with Crippen LogP contribution < -0.4 is 15.5 Å². The van der Waals surface area contributed by atoms with Crippen LogP contribution in [0.1, 0.15) is 17.6 Å². The summed E-state index contributed by atoms with van der Waals surface area (Å²) in [5, 5.41) is 12.6. The Morgan fingerprint density at radius 2 is 1.84 bits per heavy atom. The average Bonchev–Trinajstić information content (AvgIpc) is 3.25. The van der Waals surface area contributed by atoms with Crippen LogP contribution in [0, 0.1) is 5.82 Å². The van der Waals surface area contributed by atoms with Gasteiger partial charge in [-0.3, -0.25) is 9.59 Å². The predicted molar refractivity (Wildman–Crippen MR) is 111 cm³/mol. The first-order chi connectivity index (χ1) is 15.0. The van der Waals surface area contributed by atoms with E-state index >= 15 is 0 Å². The third kappa shape index (κ3) is 4.77. The van der Waals surface area contributed by atoms with Gasteiger partial charge in [-0.1, -0.05) is 17.2 Å². The molecule has 0 unspecified atom stereocenters. The van der Waals surface area contributed by atoms with Crippen molar-refractivity contribution in [2.24, 2.45) is 0 Å². The predicted octanol–water partition coefficient (Wildman–Crippen LogP) is 2.27. The Morgan fingerprint density at radius 1 is 1.06 bits per heavy atom. The molecule has 1 aromatic carbocycles. The molecule has 0 atom stereocenters. The minimum absolute atomic E-state index is 0.0685. The Bertz CT molecular complexity index is 1080. The summed E-state index contributed by atoms with van der Waals surface area (Å²) in [6.07, 6.45) is 1.53. The maximum atomic E-state index is 13.7. The number of piperazine rings is 1.